The van der Waals surface area contributed by atoms with Crippen LogP contribution in [0, 0.1) is 5.92 Å². The Kier molecular flexibility index (Phi) is 11.0. The van der Waals surface area contributed by atoms with Crippen molar-refractivity contribution in [1.82, 2.24) is 4.90 Å². The predicted octanol–water partition coefficient (Wildman–Crippen LogP) is 5.56. The van der Waals surface area contributed by atoms with Crippen LogP contribution in [-0.4, -0.2) is 24.5 Å². The fraction of sp³-hybridized carbons (Fsp3) is 0.565. The smallest absolute Gasteiger partial charge is 0.0316 e. The van der Waals surface area contributed by atoms with Crippen LogP contribution in [-0.2, 0) is 6.42 Å². The van der Waals surface area contributed by atoms with Crippen molar-refractivity contribution >= 4 is 0 Å². The van der Waals surface area contributed by atoms with Crippen molar-refractivity contribution in [3.63, 3.8) is 0 Å². The van der Waals surface area contributed by atoms with Crippen LogP contribution in [0.1, 0.15) is 58.9 Å². The zero-order valence-electron chi connectivity index (χ0n) is 16.8. The molecule has 0 bridgehead atoms. The average molecular weight is 343 g/mol. The van der Waals surface area contributed by atoms with Gasteiger partial charge in [0.05, 0.1) is 0 Å². The topological polar surface area (TPSA) is 29.3 Å². The van der Waals surface area contributed by atoms with Gasteiger partial charge in [0.2, 0.25) is 0 Å². The van der Waals surface area contributed by atoms with E-state index in [1.807, 2.05) is 27.7 Å². The van der Waals surface area contributed by atoms with Crippen molar-refractivity contribution in [3.05, 3.63) is 59.3 Å². The summed E-state index contributed by atoms with van der Waals surface area (Å²) >= 11 is 0. The van der Waals surface area contributed by atoms with Gasteiger partial charge in [0, 0.05) is 12.2 Å². The van der Waals surface area contributed by atoms with Crippen LogP contribution in [0.3, 0.4) is 0 Å². The van der Waals surface area contributed by atoms with Crippen molar-refractivity contribution in [3.8, 4) is 0 Å². The van der Waals surface area contributed by atoms with E-state index in [2.05, 4.69) is 47.4 Å². The van der Waals surface area contributed by atoms with Crippen LogP contribution in [0.25, 0.3) is 0 Å². The average Bonchev–Trinajstić information content (AvgIpc) is 2.69. The molecule has 0 spiro atoms. The number of benzene rings is 1. The van der Waals surface area contributed by atoms with Crippen molar-refractivity contribution in [1.29, 1.82) is 0 Å². The molecule has 1 aromatic rings. The van der Waals surface area contributed by atoms with Gasteiger partial charge in [-0.3, -0.25) is 4.90 Å². The SMILES string of the molecule is CC.CC.NC1=CCCC=C1CN1CCC(Cc2ccccc2)CC1. The molecular weight excluding hydrogens is 304 g/mol. The Hall–Kier alpha value is -1.54. The maximum absolute atomic E-state index is 6.09. The summed E-state index contributed by atoms with van der Waals surface area (Å²) in [5, 5.41) is 0. The van der Waals surface area contributed by atoms with Crippen molar-refractivity contribution in [2.45, 2.75) is 59.8 Å². The lowest BCUT2D eigenvalue weighted by Crippen LogP contribution is -2.36. The third kappa shape index (κ3) is 7.48. The van der Waals surface area contributed by atoms with E-state index in [9.17, 15) is 0 Å². The summed E-state index contributed by atoms with van der Waals surface area (Å²) in [6.45, 7) is 11.5. The van der Waals surface area contributed by atoms with Gasteiger partial charge in [-0.25, -0.2) is 0 Å². The Balaban J connectivity index is 0.000000730. The lowest BCUT2D eigenvalue weighted by atomic mass is 9.90. The van der Waals surface area contributed by atoms with E-state index < -0.39 is 0 Å². The van der Waals surface area contributed by atoms with Gasteiger partial charge in [-0.2, -0.15) is 0 Å². The summed E-state index contributed by atoms with van der Waals surface area (Å²) in [6, 6.07) is 10.9. The molecule has 2 nitrogen and oxygen atoms in total. The molecule has 25 heavy (non-hydrogen) atoms. The minimum atomic E-state index is 0.844. The van der Waals surface area contributed by atoms with E-state index in [1.54, 1.807) is 0 Å². The van der Waals surface area contributed by atoms with E-state index in [-0.39, 0.29) is 0 Å². The lowest BCUT2D eigenvalue weighted by molar-refractivity contribution is 0.197. The van der Waals surface area contributed by atoms with E-state index >= 15 is 0 Å². The molecule has 2 aliphatic rings. The summed E-state index contributed by atoms with van der Waals surface area (Å²) in [5.74, 6) is 0.844. The number of hydrogen-bond acceptors (Lipinski definition) is 2. The highest BCUT2D eigenvalue weighted by atomic mass is 15.1. The third-order valence-electron chi connectivity index (χ3n) is 4.76. The van der Waals surface area contributed by atoms with Gasteiger partial charge in [0.1, 0.15) is 0 Å². The Morgan fingerprint density at radius 1 is 0.920 bits per heavy atom. The van der Waals surface area contributed by atoms with Crippen molar-refractivity contribution < 1.29 is 0 Å². The van der Waals surface area contributed by atoms with E-state index in [1.165, 1.54) is 43.5 Å². The molecular formula is C23H38N2. The number of nitrogens with two attached hydrogens (primary N) is 1. The van der Waals surface area contributed by atoms with Gasteiger partial charge in [-0.1, -0.05) is 70.2 Å². The number of rotatable bonds is 4. The molecule has 0 saturated carbocycles. The highest BCUT2D eigenvalue weighted by Crippen LogP contribution is 2.23. The first kappa shape index (κ1) is 21.5. The summed E-state index contributed by atoms with van der Waals surface area (Å²) < 4.78 is 0. The predicted molar refractivity (Wildman–Crippen MR) is 112 cm³/mol. The largest absolute Gasteiger partial charge is 0.399 e. The fourth-order valence-corrected chi connectivity index (χ4v) is 3.44. The molecule has 1 aliphatic carbocycles. The molecule has 3 rings (SSSR count). The first-order valence-electron chi connectivity index (χ1n) is 10.2. The molecule has 0 atom stereocenters. The normalized spacial score (nSPS) is 18.1. The number of likely N-dealkylation sites (tertiary alicyclic amines) is 1. The second kappa shape index (κ2) is 12.8. The molecule has 2 heteroatoms. The van der Waals surface area contributed by atoms with Gasteiger partial charge in [0.15, 0.2) is 0 Å². The maximum Gasteiger partial charge on any atom is 0.0316 e. The Morgan fingerprint density at radius 2 is 1.52 bits per heavy atom. The monoisotopic (exact) mass is 342 g/mol. The fourth-order valence-electron chi connectivity index (χ4n) is 3.44. The Labute approximate surface area is 155 Å². The molecule has 0 radical (unpaired) electrons. The van der Waals surface area contributed by atoms with Crippen LogP contribution >= 0.6 is 0 Å². The minimum absolute atomic E-state index is 0.844. The van der Waals surface area contributed by atoms with Gasteiger partial charge in [-0.05, 0) is 62.2 Å². The molecule has 140 valence electrons. The lowest BCUT2D eigenvalue weighted by Gasteiger charge is -2.33. The number of hydrogen-bond donors (Lipinski definition) is 1. The zero-order valence-corrected chi connectivity index (χ0v) is 16.8. The Morgan fingerprint density at radius 3 is 2.12 bits per heavy atom. The number of allylic oxidation sites excluding steroid dienone is 2. The summed E-state index contributed by atoms with van der Waals surface area (Å²) in [6.07, 6.45) is 10.6. The summed E-state index contributed by atoms with van der Waals surface area (Å²) in [4.78, 5) is 2.57. The highest BCUT2D eigenvalue weighted by Gasteiger charge is 2.20. The molecule has 1 aromatic carbocycles. The molecule has 0 amide bonds. The quantitative estimate of drug-likeness (QED) is 0.776. The van der Waals surface area contributed by atoms with Crippen molar-refractivity contribution in [2.24, 2.45) is 11.7 Å². The summed E-state index contributed by atoms with van der Waals surface area (Å²) in [7, 11) is 0. The molecule has 1 heterocycles. The van der Waals surface area contributed by atoms with Crippen LogP contribution in [0.5, 0.6) is 0 Å². The van der Waals surface area contributed by atoms with E-state index in [0.717, 1.165) is 31.0 Å². The third-order valence-corrected chi connectivity index (χ3v) is 4.76. The molecule has 1 aliphatic heterocycles. The summed E-state index contributed by atoms with van der Waals surface area (Å²) in [5.41, 5.74) is 9.93. The van der Waals surface area contributed by atoms with Crippen LogP contribution in [0.15, 0.2) is 53.8 Å². The standard InChI is InChI=1S/C19H26N2.2C2H6/c20-19-9-5-4-8-18(19)15-21-12-10-17(11-13-21)14-16-6-2-1-3-7-16;2*1-2/h1-3,6-9,17H,4-5,10-15,20H2;2*1-2H3. The van der Waals surface area contributed by atoms with Crippen LogP contribution < -0.4 is 5.73 Å². The molecule has 0 unspecified atom stereocenters. The van der Waals surface area contributed by atoms with Crippen molar-refractivity contribution in [2.75, 3.05) is 19.6 Å². The zero-order chi connectivity index (χ0) is 18.5. The number of piperidine rings is 1. The van der Waals surface area contributed by atoms with E-state index in [4.69, 9.17) is 5.73 Å². The first-order valence-corrected chi connectivity index (χ1v) is 10.2. The van der Waals surface area contributed by atoms with Crippen LogP contribution in [0.4, 0.5) is 0 Å². The molecule has 1 fully saturated rings. The number of nitrogens with zero attached hydrogens (tertiary/aromatic N) is 1. The van der Waals surface area contributed by atoms with E-state index in [0.29, 0.717) is 0 Å². The Bertz CT molecular complexity index is 508. The molecule has 2 N–H and O–H groups in total. The minimum Gasteiger partial charge on any atom is -0.399 e. The van der Waals surface area contributed by atoms with Crippen LogP contribution in [0.2, 0.25) is 0 Å². The first-order chi connectivity index (χ1) is 12.3. The molecule has 0 aromatic heterocycles. The van der Waals surface area contributed by atoms with Gasteiger partial charge in [0.25, 0.3) is 0 Å². The van der Waals surface area contributed by atoms with Gasteiger partial charge < -0.3 is 5.73 Å². The second-order valence-corrected chi connectivity index (χ2v) is 6.38. The highest BCUT2D eigenvalue weighted by molar-refractivity contribution is 5.32. The van der Waals surface area contributed by atoms with Gasteiger partial charge in [-0.15, -0.1) is 0 Å². The van der Waals surface area contributed by atoms with Gasteiger partial charge >= 0.3 is 0 Å². The molecule has 1 saturated heterocycles. The second-order valence-electron chi connectivity index (χ2n) is 6.38. The maximum atomic E-state index is 6.09.